The molecule has 3 rings (SSSR count). The second-order valence-corrected chi connectivity index (χ2v) is 6.98. The van der Waals surface area contributed by atoms with Gasteiger partial charge >= 0.3 is 0 Å². The van der Waals surface area contributed by atoms with E-state index < -0.39 is 0 Å². The molecule has 2 nitrogen and oxygen atoms in total. The molecule has 0 aliphatic heterocycles. The summed E-state index contributed by atoms with van der Waals surface area (Å²) in [7, 11) is 0. The third kappa shape index (κ3) is 2.08. The van der Waals surface area contributed by atoms with E-state index in [1.54, 1.807) is 11.8 Å². The van der Waals surface area contributed by atoms with Crippen LogP contribution in [0.5, 0.6) is 0 Å². The zero-order valence-corrected chi connectivity index (χ0v) is 12.1. The first kappa shape index (κ1) is 12.2. The molecule has 0 bridgehead atoms. The summed E-state index contributed by atoms with van der Waals surface area (Å²) in [5.41, 5.74) is 0.976. The van der Waals surface area contributed by atoms with Gasteiger partial charge in [-0.25, -0.2) is 0 Å². The summed E-state index contributed by atoms with van der Waals surface area (Å²) >= 11 is 5.17. The van der Waals surface area contributed by atoms with Crippen LogP contribution in [0, 0.1) is 0 Å². The second-order valence-electron chi connectivity index (χ2n) is 4.61. The van der Waals surface area contributed by atoms with E-state index in [1.807, 2.05) is 24.4 Å². The molecule has 1 heterocycles. The molecule has 0 N–H and O–H groups in total. The Bertz CT molecular complexity index is 610. The van der Waals surface area contributed by atoms with Crippen molar-refractivity contribution in [1.82, 2.24) is 4.98 Å². The number of carbonyl (C=O) groups is 1. The average molecular weight is 322 g/mol. The molecule has 1 fully saturated rings. The van der Waals surface area contributed by atoms with Gasteiger partial charge < -0.3 is 4.79 Å². The summed E-state index contributed by atoms with van der Waals surface area (Å²) in [5.74, 6) is 0. The topological polar surface area (TPSA) is 30.0 Å². The van der Waals surface area contributed by atoms with E-state index >= 15 is 0 Å². The molecule has 1 aromatic carbocycles. The van der Waals surface area contributed by atoms with Gasteiger partial charge in [0.05, 0.1) is 10.3 Å². The molecule has 1 aliphatic carbocycles. The van der Waals surface area contributed by atoms with Crippen molar-refractivity contribution in [3.63, 3.8) is 0 Å². The molecule has 1 saturated carbocycles. The van der Waals surface area contributed by atoms with Gasteiger partial charge in [0.25, 0.3) is 0 Å². The smallest absolute Gasteiger partial charge is 0.136 e. The van der Waals surface area contributed by atoms with Crippen LogP contribution in [0.3, 0.4) is 0 Å². The van der Waals surface area contributed by atoms with E-state index in [-0.39, 0.29) is 4.75 Å². The highest BCUT2D eigenvalue weighted by Gasteiger charge is 2.38. The number of pyridine rings is 1. The minimum Gasteiger partial charge on any atom is -0.302 e. The number of halogens is 1. The van der Waals surface area contributed by atoms with E-state index in [0.29, 0.717) is 0 Å². The van der Waals surface area contributed by atoms with Gasteiger partial charge in [0.2, 0.25) is 0 Å². The monoisotopic (exact) mass is 321 g/mol. The summed E-state index contributed by atoms with van der Waals surface area (Å²) in [5, 5.41) is 1.12. The lowest BCUT2D eigenvalue weighted by Crippen LogP contribution is -2.34. The lowest BCUT2D eigenvalue weighted by molar-refractivity contribution is -0.111. The van der Waals surface area contributed by atoms with Crippen LogP contribution >= 0.6 is 27.7 Å². The number of benzene rings is 1. The Labute approximate surface area is 118 Å². The number of hydrogen-bond acceptors (Lipinski definition) is 3. The van der Waals surface area contributed by atoms with Gasteiger partial charge in [-0.15, -0.1) is 11.8 Å². The number of aldehydes is 1. The number of aromatic nitrogens is 1. The summed E-state index contributed by atoms with van der Waals surface area (Å²) in [4.78, 5) is 16.8. The fraction of sp³-hybridized carbons (Fsp3) is 0.286. The predicted octanol–water partition coefficient (Wildman–Crippen LogP) is 4.21. The van der Waals surface area contributed by atoms with Crippen LogP contribution in [0.2, 0.25) is 0 Å². The summed E-state index contributed by atoms with van der Waals surface area (Å²) in [6.45, 7) is 0. The van der Waals surface area contributed by atoms with Crippen LogP contribution < -0.4 is 0 Å². The van der Waals surface area contributed by atoms with Crippen molar-refractivity contribution in [2.75, 3.05) is 0 Å². The zero-order valence-electron chi connectivity index (χ0n) is 9.73. The SMILES string of the molecule is O=CC1(Sc2ccnc3ccc(Br)cc23)CCC1. The van der Waals surface area contributed by atoms with Gasteiger partial charge in [-0.3, -0.25) is 4.98 Å². The van der Waals surface area contributed by atoms with E-state index in [2.05, 4.69) is 27.0 Å². The van der Waals surface area contributed by atoms with Gasteiger partial charge in [-0.1, -0.05) is 15.9 Å². The van der Waals surface area contributed by atoms with E-state index in [9.17, 15) is 4.79 Å². The summed E-state index contributed by atoms with van der Waals surface area (Å²) < 4.78 is 0.843. The molecule has 4 heteroatoms. The van der Waals surface area contributed by atoms with Crippen molar-refractivity contribution in [1.29, 1.82) is 0 Å². The molecule has 1 aromatic heterocycles. The molecule has 0 radical (unpaired) electrons. The highest BCUT2D eigenvalue weighted by molar-refractivity contribution is 9.10. The van der Waals surface area contributed by atoms with Gasteiger partial charge in [0.1, 0.15) is 6.29 Å². The van der Waals surface area contributed by atoms with E-state index in [1.165, 1.54) is 0 Å². The summed E-state index contributed by atoms with van der Waals surface area (Å²) in [6, 6.07) is 8.06. The predicted molar refractivity (Wildman–Crippen MR) is 77.9 cm³/mol. The Hall–Kier alpha value is -0.870. The first-order valence-corrected chi connectivity index (χ1v) is 7.53. The van der Waals surface area contributed by atoms with Crippen molar-refractivity contribution >= 4 is 44.9 Å². The number of nitrogens with zero attached hydrogens (tertiary/aromatic N) is 1. The Morgan fingerprint density at radius 3 is 2.83 bits per heavy atom. The van der Waals surface area contributed by atoms with E-state index in [0.717, 1.165) is 45.8 Å². The van der Waals surface area contributed by atoms with Crippen LogP contribution in [0.1, 0.15) is 19.3 Å². The normalized spacial score (nSPS) is 17.4. The Balaban J connectivity index is 2.06. The number of thioether (sulfide) groups is 1. The fourth-order valence-corrected chi connectivity index (χ4v) is 3.91. The van der Waals surface area contributed by atoms with Gasteiger partial charge in [-0.05, 0) is 43.5 Å². The van der Waals surface area contributed by atoms with Crippen LogP contribution in [0.15, 0.2) is 39.8 Å². The number of carbonyl (C=O) groups excluding carboxylic acids is 1. The van der Waals surface area contributed by atoms with Crippen LogP contribution in [0.25, 0.3) is 10.9 Å². The molecule has 1 aliphatic rings. The Kier molecular flexibility index (Phi) is 3.16. The minimum atomic E-state index is -0.198. The standard InChI is InChI=1S/C14H12BrNOS/c15-10-2-3-12-11(8-10)13(4-7-16-12)18-14(9-17)5-1-6-14/h2-4,7-9H,1,5-6H2. The Morgan fingerprint density at radius 2 is 2.17 bits per heavy atom. The number of hydrogen-bond donors (Lipinski definition) is 0. The Morgan fingerprint density at radius 1 is 1.33 bits per heavy atom. The zero-order chi connectivity index (χ0) is 12.6. The molecule has 0 amide bonds. The highest BCUT2D eigenvalue weighted by atomic mass is 79.9. The lowest BCUT2D eigenvalue weighted by atomic mass is 9.86. The fourth-order valence-electron chi connectivity index (χ4n) is 2.17. The number of rotatable bonds is 3. The first-order valence-electron chi connectivity index (χ1n) is 5.92. The van der Waals surface area contributed by atoms with Crippen molar-refractivity contribution in [3.8, 4) is 0 Å². The van der Waals surface area contributed by atoms with Crippen molar-refractivity contribution in [2.24, 2.45) is 0 Å². The molecule has 18 heavy (non-hydrogen) atoms. The molecule has 0 unspecified atom stereocenters. The maximum atomic E-state index is 11.3. The lowest BCUT2D eigenvalue weighted by Gasteiger charge is -2.36. The summed E-state index contributed by atoms with van der Waals surface area (Å²) in [6.07, 6.45) is 6.05. The molecule has 0 saturated heterocycles. The highest BCUT2D eigenvalue weighted by Crippen LogP contribution is 2.47. The average Bonchev–Trinajstić information content (AvgIpc) is 2.34. The second kappa shape index (κ2) is 4.67. The third-order valence-corrected chi connectivity index (χ3v) is 5.37. The van der Waals surface area contributed by atoms with Crippen LogP contribution in [0.4, 0.5) is 0 Å². The molecule has 2 aromatic rings. The van der Waals surface area contributed by atoms with Crippen molar-refractivity contribution < 1.29 is 4.79 Å². The number of fused-ring (bicyclic) bond motifs is 1. The van der Waals surface area contributed by atoms with Gasteiger partial charge in [-0.2, -0.15) is 0 Å². The third-order valence-electron chi connectivity index (χ3n) is 3.39. The van der Waals surface area contributed by atoms with Crippen LogP contribution in [-0.4, -0.2) is 16.0 Å². The first-order chi connectivity index (χ1) is 8.72. The maximum Gasteiger partial charge on any atom is 0.136 e. The van der Waals surface area contributed by atoms with Crippen LogP contribution in [-0.2, 0) is 4.79 Å². The largest absolute Gasteiger partial charge is 0.302 e. The van der Waals surface area contributed by atoms with Gasteiger partial charge in [0, 0.05) is 21.0 Å². The molecular formula is C14H12BrNOS. The van der Waals surface area contributed by atoms with E-state index in [4.69, 9.17) is 0 Å². The van der Waals surface area contributed by atoms with Crippen molar-refractivity contribution in [2.45, 2.75) is 28.9 Å². The molecular weight excluding hydrogens is 310 g/mol. The van der Waals surface area contributed by atoms with Gasteiger partial charge in [0.15, 0.2) is 0 Å². The molecule has 92 valence electrons. The van der Waals surface area contributed by atoms with Crippen molar-refractivity contribution in [3.05, 3.63) is 34.9 Å². The maximum absolute atomic E-state index is 11.3. The molecule has 0 atom stereocenters. The minimum absolute atomic E-state index is 0.198. The molecule has 0 spiro atoms. The quantitative estimate of drug-likeness (QED) is 0.793.